The number of carbonyl (C=O) groups is 1. The van der Waals surface area contributed by atoms with Gasteiger partial charge in [-0.15, -0.1) is 0 Å². The highest BCUT2D eigenvalue weighted by atomic mass is 16.5. The van der Waals surface area contributed by atoms with Gasteiger partial charge in [0.25, 0.3) is 5.91 Å². The molecule has 2 heterocycles. The molecule has 2 atom stereocenters. The molecule has 3 fully saturated rings. The van der Waals surface area contributed by atoms with Gasteiger partial charge in [-0.25, -0.2) is 4.98 Å². The second kappa shape index (κ2) is 6.60. The van der Waals surface area contributed by atoms with Gasteiger partial charge in [-0.3, -0.25) is 4.79 Å². The highest BCUT2D eigenvalue weighted by molar-refractivity contribution is 5.94. The van der Waals surface area contributed by atoms with Crippen LogP contribution in [-0.4, -0.2) is 54.2 Å². The number of anilines is 1. The van der Waals surface area contributed by atoms with Gasteiger partial charge in [0.05, 0.1) is 17.8 Å². The van der Waals surface area contributed by atoms with Crippen molar-refractivity contribution in [1.82, 2.24) is 9.88 Å². The van der Waals surface area contributed by atoms with Gasteiger partial charge in [0.2, 0.25) is 0 Å². The van der Waals surface area contributed by atoms with E-state index in [1.165, 1.54) is 25.7 Å². The Morgan fingerprint density at radius 1 is 1.16 bits per heavy atom. The van der Waals surface area contributed by atoms with E-state index in [4.69, 9.17) is 4.74 Å². The van der Waals surface area contributed by atoms with Crippen molar-refractivity contribution in [3.63, 3.8) is 0 Å². The molecule has 0 aromatic carbocycles. The zero-order valence-electron chi connectivity index (χ0n) is 15.5. The number of ether oxygens (including phenoxy) is 1. The summed E-state index contributed by atoms with van der Waals surface area (Å²) in [6.07, 6.45) is 7.28. The Morgan fingerprint density at radius 3 is 2.24 bits per heavy atom. The van der Waals surface area contributed by atoms with Crippen LogP contribution in [0.15, 0.2) is 18.3 Å². The smallest absolute Gasteiger partial charge is 0.255 e. The lowest BCUT2D eigenvalue weighted by molar-refractivity contribution is -0.00546. The molecule has 0 spiro atoms. The third kappa shape index (κ3) is 3.66. The monoisotopic (exact) mass is 343 g/mol. The first-order valence-electron chi connectivity index (χ1n) is 9.66. The molecule has 3 aliphatic rings. The third-order valence-corrected chi connectivity index (χ3v) is 5.72. The summed E-state index contributed by atoms with van der Waals surface area (Å²) in [6, 6.07) is 4.35. The van der Waals surface area contributed by atoms with Crippen LogP contribution in [0.2, 0.25) is 0 Å². The molecular weight excluding hydrogens is 314 g/mol. The Morgan fingerprint density at radius 2 is 1.76 bits per heavy atom. The lowest BCUT2D eigenvalue weighted by Gasteiger charge is -2.36. The fourth-order valence-corrected chi connectivity index (χ4v) is 4.30. The van der Waals surface area contributed by atoms with Crippen molar-refractivity contribution in [2.24, 2.45) is 11.8 Å². The SMILES string of the molecule is CC1CN(c2ccc(C(=O)N(C)C(C3CC3)C3CC3)cn2)CC(C)O1. The summed E-state index contributed by atoms with van der Waals surface area (Å²) in [5.41, 5.74) is 0.701. The standard InChI is InChI=1S/C20H29N3O2/c1-13-11-23(12-14(2)25-13)18-9-8-17(10-21-18)20(24)22(3)19(15-4-5-15)16-6-7-16/h8-10,13-16,19H,4-7,11-12H2,1-3H3. The lowest BCUT2D eigenvalue weighted by atomic mass is 10.0. The molecule has 5 heteroatoms. The number of amides is 1. The predicted molar refractivity (Wildman–Crippen MR) is 97.8 cm³/mol. The Bertz CT molecular complexity index is 602. The Balaban J connectivity index is 1.45. The number of aromatic nitrogens is 1. The molecule has 4 rings (SSSR count). The molecule has 1 amide bonds. The number of rotatable bonds is 5. The van der Waals surface area contributed by atoms with E-state index < -0.39 is 0 Å². The first-order valence-corrected chi connectivity index (χ1v) is 9.66. The van der Waals surface area contributed by atoms with Gasteiger partial charge in [-0.2, -0.15) is 0 Å². The van der Waals surface area contributed by atoms with E-state index in [1.807, 2.05) is 24.1 Å². The van der Waals surface area contributed by atoms with Crippen LogP contribution in [0.1, 0.15) is 49.9 Å². The van der Waals surface area contributed by atoms with Crippen molar-refractivity contribution < 1.29 is 9.53 Å². The Kier molecular flexibility index (Phi) is 4.44. The number of carbonyl (C=O) groups excluding carboxylic acids is 1. The van der Waals surface area contributed by atoms with E-state index in [-0.39, 0.29) is 18.1 Å². The lowest BCUT2D eigenvalue weighted by Crippen LogP contribution is -2.45. The average molecular weight is 343 g/mol. The summed E-state index contributed by atoms with van der Waals surface area (Å²) in [5.74, 6) is 2.50. The van der Waals surface area contributed by atoms with Crippen molar-refractivity contribution in [2.45, 2.75) is 57.8 Å². The largest absolute Gasteiger partial charge is 0.372 e. The van der Waals surface area contributed by atoms with Crippen molar-refractivity contribution in [1.29, 1.82) is 0 Å². The maximum Gasteiger partial charge on any atom is 0.255 e. The van der Waals surface area contributed by atoms with E-state index in [9.17, 15) is 4.79 Å². The van der Waals surface area contributed by atoms with Crippen LogP contribution in [-0.2, 0) is 4.74 Å². The highest BCUT2D eigenvalue weighted by Gasteiger charge is 2.45. The second-order valence-electron chi connectivity index (χ2n) is 8.15. The first-order chi connectivity index (χ1) is 12.0. The molecule has 5 nitrogen and oxygen atoms in total. The molecule has 1 aromatic heterocycles. The van der Waals surface area contributed by atoms with Gasteiger partial charge < -0.3 is 14.5 Å². The van der Waals surface area contributed by atoms with Crippen LogP contribution in [0, 0.1) is 11.8 Å². The molecular formula is C20H29N3O2. The highest BCUT2D eigenvalue weighted by Crippen LogP contribution is 2.47. The maximum absolute atomic E-state index is 12.9. The van der Waals surface area contributed by atoms with Crippen molar-refractivity contribution >= 4 is 11.7 Å². The van der Waals surface area contributed by atoms with Gasteiger partial charge in [0.15, 0.2) is 0 Å². The molecule has 0 bridgehead atoms. The van der Waals surface area contributed by atoms with Gasteiger partial charge in [0.1, 0.15) is 5.82 Å². The predicted octanol–water partition coefficient (Wildman–Crippen LogP) is 2.96. The van der Waals surface area contributed by atoms with Gasteiger partial charge in [0, 0.05) is 32.4 Å². The van der Waals surface area contributed by atoms with Crippen molar-refractivity contribution in [3.05, 3.63) is 23.9 Å². The molecule has 2 aliphatic carbocycles. The summed E-state index contributed by atoms with van der Waals surface area (Å²) in [6.45, 7) is 5.86. The van der Waals surface area contributed by atoms with Crippen LogP contribution in [0.3, 0.4) is 0 Å². The van der Waals surface area contributed by atoms with E-state index in [0.717, 1.165) is 30.7 Å². The molecule has 1 saturated heterocycles. The number of morpholine rings is 1. The molecule has 0 radical (unpaired) electrons. The molecule has 1 aliphatic heterocycles. The molecule has 2 saturated carbocycles. The van der Waals surface area contributed by atoms with Crippen molar-refractivity contribution in [2.75, 3.05) is 25.0 Å². The van der Waals surface area contributed by atoms with Crippen LogP contribution < -0.4 is 4.90 Å². The van der Waals surface area contributed by atoms with Gasteiger partial charge >= 0.3 is 0 Å². The van der Waals surface area contributed by atoms with E-state index in [2.05, 4.69) is 23.7 Å². The molecule has 1 aromatic rings. The molecule has 0 N–H and O–H groups in total. The summed E-state index contributed by atoms with van der Waals surface area (Å²) in [5, 5.41) is 0. The average Bonchev–Trinajstić information content (AvgIpc) is 3.48. The zero-order chi connectivity index (χ0) is 17.6. The van der Waals surface area contributed by atoms with Gasteiger partial charge in [-0.1, -0.05) is 0 Å². The minimum absolute atomic E-state index is 0.117. The Labute approximate surface area is 150 Å². The zero-order valence-corrected chi connectivity index (χ0v) is 15.5. The molecule has 136 valence electrons. The maximum atomic E-state index is 12.9. The van der Waals surface area contributed by atoms with Crippen LogP contribution in [0.25, 0.3) is 0 Å². The summed E-state index contributed by atoms with van der Waals surface area (Å²) >= 11 is 0. The normalized spacial score (nSPS) is 26.8. The first kappa shape index (κ1) is 16.8. The number of nitrogens with zero attached hydrogens (tertiary/aromatic N) is 3. The van der Waals surface area contributed by atoms with E-state index in [1.54, 1.807) is 6.20 Å². The number of hydrogen-bond donors (Lipinski definition) is 0. The minimum atomic E-state index is 0.117. The summed E-state index contributed by atoms with van der Waals surface area (Å²) in [7, 11) is 1.98. The van der Waals surface area contributed by atoms with Crippen LogP contribution in [0.5, 0.6) is 0 Å². The topological polar surface area (TPSA) is 45.7 Å². The number of hydrogen-bond acceptors (Lipinski definition) is 4. The second-order valence-corrected chi connectivity index (χ2v) is 8.15. The van der Waals surface area contributed by atoms with Gasteiger partial charge in [-0.05, 0) is 63.5 Å². The third-order valence-electron chi connectivity index (χ3n) is 5.72. The summed E-state index contributed by atoms with van der Waals surface area (Å²) in [4.78, 5) is 21.7. The molecule has 2 unspecified atom stereocenters. The fourth-order valence-electron chi connectivity index (χ4n) is 4.30. The summed E-state index contributed by atoms with van der Waals surface area (Å²) < 4.78 is 5.78. The van der Waals surface area contributed by atoms with Crippen molar-refractivity contribution in [3.8, 4) is 0 Å². The van der Waals surface area contributed by atoms with E-state index in [0.29, 0.717) is 11.6 Å². The van der Waals surface area contributed by atoms with E-state index >= 15 is 0 Å². The minimum Gasteiger partial charge on any atom is -0.372 e. The van der Waals surface area contributed by atoms with Crippen LogP contribution >= 0.6 is 0 Å². The Hall–Kier alpha value is -1.62. The fraction of sp³-hybridized carbons (Fsp3) is 0.700. The number of pyridine rings is 1. The van der Waals surface area contributed by atoms with Crippen LogP contribution in [0.4, 0.5) is 5.82 Å². The molecule has 25 heavy (non-hydrogen) atoms. The quantitative estimate of drug-likeness (QED) is 0.825.